The van der Waals surface area contributed by atoms with Crippen LogP contribution in [0, 0.1) is 37.3 Å². The van der Waals surface area contributed by atoms with E-state index < -0.39 is 5.95 Å². The van der Waals surface area contributed by atoms with Crippen molar-refractivity contribution in [3.63, 3.8) is 0 Å². The fourth-order valence-electron chi connectivity index (χ4n) is 1.76. The molecular formula is C20H24BrClFIN12. The number of nitrogens with zero attached hydrogens (tertiary/aromatic N) is 8. The van der Waals surface area contributed by atoms with Crippen LogP contribution in [0.5, 0.6) is 0 Å². The molecule has 0 bridgehead atoms. The predicted octanol–water partition coefficient (Wildman–Crippen LogP) is 3.63. The predicted molar refractivity (Wildman–Crippen MR) is 150 cm³/mol. The van der Waals surface area contributed by atoms with Crippen molar-refractivity contribution in [3.05, 3.63) is 67.0 Å². The molecule has 4 aromatic rings. The molecule has 0 aromatic carbocycles. The fraction of sp³-hybridized carbons (Fsp3) is 0.200. The van der Waals surface area contributed by atoms with Gasteiger partial charge in [0.25, 0.3) is 0 Å². The molecule has 0 fully saturated rings. The maximum absolute atomic E-state index is 12.1. The van der Waals surface area contributed by atoms with E-state index in [1.54, 1.807) is 26.2 Å². The van der Waals surface area contributed by atoms with Gasteiger partial charge in [-0.15, -0.1) is 0 Å². The summed E-state index contributed by atoms with van der Waals surface area (Å²) < 4.78 is 13.6. The summed E-state index contributed by atoms with van der Waals surface area (Å²) in [5.41, 5.74) is 24.2. The molecule has 0 unspecified atom stereocenters. The Balaban J connectivity index is 0.000000240. The molecule has 4 aromatic heterocycles. The molecule has 16 heteroatoms. The lowest BCUT2D eigenvalue weighted by Crippen LogP contribution is -1.98. The molecule has 0 aliphatic heterocycles. The Kier molecular flexibility index (Phi) is 13.0. The van der Waals surface area contributed by atoms with Gasteiger partial charge in [0.15, 0.2) is 0 Å². The van der Waals surface area contributed by atoms with Crippen LogP contribution in [0.15, 0.2) is 29.4 Å². The second-order valence-corrected chi connectivity index (χ2v) is 8.96. The van der Waals surface area contributed by atoms with Crippen LogP contribution in [0.3, 0.4) is 0 Å². The third kappa shape index (κ3) is 11.6. The monoisotopic (exact) mass is 692 g/mol. The second-order valence-electron chi connectivity index (χ2n) is 6.65. The third-order valence-corrected chi connectivity index (χ3v) is 4.93. The average molecular weight is 694 g/mol. The highest BCUT2D eigenvalue weighted by atomic mass is 127. The van der Waals surface area contributed by atoms with E-state index in [0.29, 0.717) is 38.6 Å². The molecule has 0 aliphatic carbocycles. The van der Waals surface area contributed by atoms with Crippen LogP contribution >= 0.6 is 50.1 Å². The number of nitrogens with two attached hydrogens (primary N) is 4. The van der Waals surface area contributed by atoms with Crippen molar-refractivity contribution in [2.24, 2.45) is 0 Å². The highest BCUT2D eigenvalue weighted by molar-refractivity contribution is 14.1. The largest absolute Gasteiger partial charge is 0.382 e. The Bertz CT molecular complexity index is 1100. The van der Waals surface area contributed by atoms with Crippen molar-refractivity contribution >= 4 is 73.4 Å². The van der Waals surface area contributed by atoms with Crippen molar-refractivity contribution in [2.45, 2.75) is 27.7 Å². The molecular weight excluding hydrogens is 670 g/mol. The second kappa shape index (κ2) is 15.1. The van der Waals surface area contributed by atoms with Crippen LogP contribution in [0.25, 0.3) is 0 Å². The maximum Gasteiger partial charge on any atom is 0.233 e. The van der Waals surface area contributed by atoms with Crippen molar-refractivity contribution in [3.8, 4) is 0 Å². The van der Waals surface area contributed by atoms with Crippen LogP contribution in [-0.2, 0) is 0 Å². The Hall–Kier alpha value is -3.05. The van der Waals surface area contributed by atoms with Gasteiger partial charge in [-0.3, -0.25) is 19.9 Å². The van der Waals surface area contributed by atoms with Gasteiger partial charge in [-0.1, -0.05) is 11.6 Å². The molecule has 4 heterocycles. The summed E-state index contributed by atoms with van der Waals surface area (Å²) in [4.78, 5) is 30.4. The summed E-state index contributed by atoms with van der Waals surface area (Å²) in [5.74, 6) is 0.891. The molecule has 0 atom stereocenters. The lowest BCUT2D eigenvalue weighted by molar-refractivity contribution is 0.577. The lowest BCUT2D eigenvalue weighted by atomic mass is 10.5. The topological polar surface area (TPSA) is 207 Å². The highest BCUT2D eigenvalue weighted by Gasteiger charge is 1.97. The van der Waals surface area contributed by atoms with E-state index in [0.717, 1.165) is 21.3 Å². The Morgan fingerprint density at radius 3 is 1.44 bits per heavy atom. The quantitative estimate of drug-likeness (QED) is 0.195. The van der Waals surface area contributed by atoms with Gasteiger partial charge in [0.2, 0.25) is 5.95 Å². The number of aromatic nitrogens is 8. The van der Waals surface area contributed by atoms with E-state index in [1.165, 1.54) is 6.20 Å². The van der Waals surface area contributed by atoms with Crippen molar-refractivity contribution in [1.29, 1.82) is 0 Å². The number of halogens is 4. The summed E-state index contributed by atoms with van der Waals surface area (Å²) in [5, 5.41) is 0.332. The van der Waals surface area contributed by atoms with Crippen LogP contribution in [0.4, 0.5) is 27.7 Å². The molecule has 0 spiro atoms. The van der Waals surface area contributed by atoms with Gasteiger partial charge < -0.3 is 22.9 Å². The molecule has 192 valence electrons. The van der Waals surface area contributed by atoms with Gasteiger partial charge in [-0.25, -0.2) is 15.0 Å². The number of nitrogen functional groups attached to an aromatic ring is 4. The maximum atomic E-state index is 12.1. The molecule has 0 amide bonds. The minimum absolute atomic E-state index is 0.148. The van der Waals surface area contributed by atoms with Gasteiger partial charge in [-0.05, 0) is 66.2 Å². The van der Waals surface area contributed by atoms with E-state index in [2.05, 4.69) is 78.4 Å². The minimum Gasteiger partial charge on any atom is -0.382 e. The van der Waals surface area contributed by atoms with Gasteiger partial charge >= 0.3 is 0 Å². The van der Waals surface area contributed by atoms with E-state index in [4.69, 9.17) is 34.5 Å². The first-order valence-electron chi connectivity index (χ1n) is 9.78. The van der Waals surface area contributed by atoms with Crippen LogP contribution in [0.2, 0.25) is 5.15 Å². The molecule has 36 heavy (non-hydrogen) atoms. The number of anilines is 4. The van der Waals surface area contributed by atoms with Crippen LogP contribution < -0.4 is 22.9 Å². The van der Waals surface area contributed by atoms with E-state index in [-0.39, 0.29) is 5.82 Å². The molecule has 4 rings (SSSR count). The van der Waals surface area contributed by atoms with Gasteiger partial charge in [0, 0.05) is 0 Å². The first-order chi connectivity index (χ1) is 16.8. The summed E-state index contributed by atoms with van der Waals surface area (Å²) in [7, 11) is 0. The standard InChI is InChI=1S/C5H6BrN3.C5H6ClN3.C5H6FN3.C5H6IN3/c4*1-3-5(7)9-4(6)2-8-3/h4*2H,1H3,(H2,7,9). The number of rotatable bonds is 0. The summed E-state index contributed by atoms with van der Waals surface area (Å²) in [6.45, 7) is 7.09. The zero-order chi connectivity index (χ0) is 27.4. The molecule has 0 radical (unpaired) electrons. The number of aryl methyl sites for hydroxylation is 4. The van der Waals surface area contributed by atoms with E-state index in [9.17, 15) is 4.39 Å². The van der Waals surface area contributed by atoms with Crippen LogP contribution in [-0.4, -0.2) is 39.9 Å². The fourth-order valence-corrected chi connectivity index (χ4v) is 2.60. The smallest absolute Gasteiger partial charge is 0.233 e. The third-order valence-electron chi connectivity index (χ3n) is 3.85. The van der Waals surface area contributed by atoms with Gasteiger partial charge in [0.05, 0.1) is 47.6 Å². The molecule has 0 aliphatic rings. The molecule has 8 N–H and O–H groups in total. The average Bonchev–Trinajstić information content (AvgIpc) is 2.81. The Labute approximate surface area is 234 Å². The number of hydrogen-bond donors (Lipinski definition) is 4. The van der Waals surface area contributed by atoms with Gasteiger partial charge in [-0.2, -0.15) is 9.37 Å². The van der Waals surface area contributed by atoms with E-state index in [1.807, 2.05) is 13.8 Å². The van der Waals surface area contributed by atoms with Crippen LogP contribution in [0.1, 0.15) is 22.8 Å². The zero-order valence-corrected chi connectivity index (χ0v) is 24.2. The van der Waals surface area contributed by atoms with Crippen molar-refractivity contribution in [2.75, 3.05) is 22.9 Å². The molecule has 12 nitrogen and oxygen atoms in total. The van der Waals surface area contributed by atoms with Crippen molar-refractivity contribution < 1.29 is 4.39 Å². The highest BCUT2D eigenvalue weighted by Crippen LogP contribution is 2.09. The normalized spacial score (nSPS) is 9.56. The SMILES string of the molecule is Cc1ncc(Br)nc1N.Cc1ncc(Cl)nc1N.Cc1ncc(F)nc1N.Cc1ncc(I)nc1N. The summed E-state index contributed by atoms with van der Waals surface area (Å²) >= 11 is 10.7. The lowest BCUT2D eigenvalue weighted by Gasteiger charge is -1.95. The molecule has 0 saturated heterocycles. The zero-order valence-electron chi connectivity index (χ0n) is 19.7. The summed E-state index contributed by atoms with van der Waals surface area (Å²) in [6, 6.07) is 0. The van der Waals surface area contributed by atoms with Crippen molar-refractivity contribution in [1.82, 2.24) is 39.9 Å². The van der Waals surface area contributed by atoms with Gasteiger partial charge in [0.1, 0.15) is 36.7 Å². The Morgan fingerprint density at radius 1 is 0.667 bits per heavy atom. The summed E-state index contributed by atoms with van der Waals surface area (Å²) in [6.07, 6.45) is 5.80. The Morgan fingerprint density at radius 2 is 1.08 bits per heavy atom. The number of hydrogen-bond acceptors (Lipinski definition) is 12. The van der Waals surface area contributed by atoms with E-state index >= 15 is 0 Å². The molecule has 0 saturated carbocycles. The minimum atomic E-state index is -0.641. The first kappa shape index (κ1) is 31.0. The first-order valence-corrected chi connectivity index (χ1v) is 12.0.